The van der Waals surface area contributed by atoms with E-state index < -0.39 is 12.6 Å². The first-order valence-electron chi connectivity index (χ1n) is 4.84. The quantitative estimate of drug-likeness (QED) is 0.569. The second-order valence-corrected chi connectivity index (χ2v) is 3.48. The predicted molar refractivity (Wildman–Crippen MR) is 51.9 cm³/mol. The molecule has 0 bridgehead atoms. The molecule has 0 spiro atoms. The third-order valence-corrected chi connectivity index (χ3v) is 2.00. The molecule has 0 unspecified atom stereocenters. The maximum absolute atomic E-state index is 12.7. The van der Waals surface area contributed by atoms with Gasteiger partial charge in [-0.2, -0.15) is 13.2 Å². The van der Waals surface area contributed by atoms with E-state index in [-0.39, 0.29) is 18.8 Å². The third kappa shape index (κ3) is 4.51. The molecule has 5 heteroatoms. The summed E-state index contributed by atoms with van der Waals surface area (Å²) < 4.78 is 53.2. The van der Waals surface area contributed by atoms with Gasteiger partial charge < -0.3 is 4.74 Å². The molecule has 1 aromatic carbocycles. The van der Waals surface area contributed by atoms with Crippen molar-refractivity contribution in [3.05, 3.63) is 29.6 Å². The number of hydrogen-bond acceptors (Lipinski definition) is 1. The van der Waals surface area contributed by atoms with E-state index >= 15 is 0 Å². The normalized spacial score (nSPS) is 11.6. The number of rotatable bonds is 4. The molecule has 0 aliphatic rings. The van der Waals surface area contributed by atoms with Crippen LogP contribution in [-0.2, 0) is 0 Å². The molecule has 0 aliphatic heterocycles. The summed E-state index contributed by atoms with van der Waals surface area (Å²) in [5.41, 5.74) is 0.576. The Labute approximate surface area is 91.0 Å². The van der Waals surface area contributed by atoms with E-state index in [1.807, 2.05) is 0 Å². The topological polar surface area (TPSA) is 9.23 Å². The molecule has 0 saturated heterocycles. The van der Waals surface area contributed by atoms with Crippen molar-refractivity contribution in [1.29, 1.82) is 0 Å². The van der Waals surface area contributed by atoms with E-state index in [0.29, 0.717) is 11.3 Å². The van der Waals surface area contributed by atoms with Gasteiger partial charge in [0, 0.05) is 6.42 Å². The number of halogens is 4. The summed E-state index contributed by atoms with van der Waals surface area (Å²) in [7, 11) is 0. The zero-order valence-electron chi connectivity index (χ0n) is 8.77. The average Bonchev–Trinajstić information content (AvgIpc) is 2.13. The smallest absolute Gasteiger partial charge is 0.389 e. The van der Waals surface area contributed by atoms with Crippen molar-refractivity contribution in [1.82, 2.24) is 0 Å². The van der Waals surface area contributed by atoms with Gasteiger partial charge in [-0.05, 0) is 37.1 Å². The standard InChI is InChI=1S/C11H12F4O/c1-8-7-9(12)3-4-10(8)16-6-2-5-11(13,14)15/h3-4,7H,2,5-6H2,1H3. The summed E-state index contributed by atoms with van der Waals surface area (Å²) in [6, 6.07) is 3.91. The van der Waals surface area contributed by atoms with Crippen LogP contribution in [0.1, 0.15) is 18.4 Å². The Morgan fingerprint density at radius 3 is 2.50 bits per heavy atom. The fourth-order valence-electron chi connectivity index (χ4n) is 1.23. The summed E-state index contributed by atoms with van der Waals surface area (Å²) in [6.45, 7) is 1.62. The van der Waals surface area contributed by atoms with Gasteiger partial charge in [-0.25, -0.2) is 4.39 Å². The summed E-state index contributed by atoms with van der Waals surface area (Å²) in [6.07, 6.45) is -5.12. The molecule has 1 rings (SSSR count). The molecule has 0 radical (unpaired) electrons. The fourth-order valence-corrected chi connectivity index (χ4v) is 1.23. The van der Waals surface area contributed by atoms with Gasteiger partial charge in [-0.3, -0.25) is 0 Å². The van der Waals surface area contributed by atoms with E-state index in [2.05, 4.69) is 0 Å². The van der Waals surface area contributed by atoms with Gasteiger partial charge in [0.2, 0.25) is 0 Å². The largest absolute Gasteiger partial charge is 0.493 e. The van der Waals surface area contributed by atoms with E-state index in [0.717, 1.165) is 0 Å². The first-order chi connectivity index (χ1) is 7.38. The number of aryl methyl sites for hydroxylation is 1. The number of ether oxygens (including phenoxy) is 1. The molecule has 0 N–H and O–H groups in total. The van der Waals surface area contributed by atoms with E-state index in [9.17, 15) is 17.6 Å². The van der Waals surface area contributed by atoms with Gasteiger partial charge in [-0.15, -0.1) is 0 Å². The Morgan fingerprint density at radius 1 is 1.25 bits per heavy atom. The lowest BCUT2D eigenvalue weighted by Gasteiger charge is -2.10. The highest BCUT2D eigenvalue weighted by atomic mass is 19.4. The van der Waals surface area contributed by atoms with E-state index in [4.69, 9.17) is 4.74 Å². The Hall–Kier alpha value is -1.26. The molecule has 16 heavy (non-hydrogen) atoms. The number of benzene rings is 1. The van der Waals surface area contributed by atoms with Crippen molar-refractivity contribution in [3.8, 4) is 5.75 Å². The molecule has 0 amide bonds. The van der Waals surface area contributed by atoms with E-state index in [1.165, 1.54) is 18.2 Å². The van der Waals surface area contributed by atoms with Crippen molar-refractivity contribution in [2.24, 2.45) is 0 Å². The average molecular weight is 236 g/mol. The highest BCUT2D eigenvalue weighted by Gasteiger charge is 2.26. The van der Waals surface area contributed by atoms with Crippen LogP contribution in [0.5, 0.6) is 5.75 Å². The number of hydrogen-bond donors (Lipinski definition) is 0. The SMILES string of the molecule is Cc1cc(F)ccc1OCCCC(F)(F)F. The Balaban J connectivity index is 2.38. The van der Waals surface area contributed by atoms with Crippen LogP contribution in [0.3, 0.4) is 0 Å². The minimum absolute atomic E-state index is 0.0218. The van der Waals surface area contributed by atoms with Crippen molar-refractivity contribution in [3.63, 3.8) is 0 Å². The minimum Gasteiger partial charge on any atom is -0.493 e. The highest BCUT2D eigenvalue weighted by Crippen LogP contribution is 2.22. The van der Waals surface area contributed by atoms with Gasteiger partial charge in [0.25, 0.3) is 0 Å². The first-order valence-corrected chi connectivity index (χ1v) is 4.84. The van der Waals surface area contributed by atoms with Crippen LogP contribution in [0.4, 0.5) is 17.6 Å². The van der Waals surface area contributed by atoms with Crippen molar-refractivity contribution in [2.45, 2.75) is 25.9 Å². The molecule has 0 heterocycles. The lowest BCUT2D eigenvalue weighted by atomic mass is 10.2. The zero-order chi connectivity index (χ0) is 12.2. The molecule has 0 atom stereocenters. The van der Waals surface area contributed by atoms with Crippen molar-refractivity contribution < 1.29 is 22.3 Å². The van der Waals surface area contributed by atoms with Crippen LogP contribution in [0.2, 0.25) is 0 Å². The van der Waals surface area contributed by atoms with Crippen molar-refractivity contribution in [2.75, 3.05) is 6.61 Å². The molecule has 0 fully saturated rings. The molecular weight excluding hydrogens is 224 g/mol. The van der Waals surface area contributed by atoms with Gasteiger partial charge in [0.05, 0.1) is 6.61 Å². The maximum Gasteiger partial charge on any atom is 0.389 e. The van der Waals surface area contributed by atoms with Crippen LogP contribution in [0, 0.1) is 12.7 Å². The maximum atomic E-state index is 12.7. The zero-order valence-corrected chi connectivity index (χ0v) is 8.77. The highest BCUT2D eigenvalue weighted by molar-refractivity contribution is 5.32. The van der Waals surface area contributed by atoms with Crippen LogP contribution < -0.4 is 4.74 Å². The Kier molecular flexibility index (Phi) is 4.15. The molecular formula is C11H12F4O. The van der Waals surface area contributed by atoms with Gasteiger partial charge in [-0.1, -0.05) is 0 Å². The fraction of sp³-hybridized carbons (Fsp3) is 0.455. The molecule has 90 valence electrons. The van der Waals surface area contributed by atoms with E-state index in [1.54, 1.807) is 6.92 Å². The molecule has 0 aromatic heterocycles. The van der Waals surface area contributed by atoms with Crippen LogP contribution >= 0.6 is 0 Å². The molecule has 1 nitrogen and oxygen atoms in total. The van der Waals surface area contributed by atoms with Crippen LogP contribution in [0.15, 0.2) is 18.2 Å². The Morgan fingerprint density at radius 2 is 1.94 bits per heavy atom. The summed E-state index contributed by atoms with van der Waals surface area (Å²) in [4.78, 5) is 0. The molecule has 0 saturated carbocycles. The van der Waals surface area contributed by atoms with Crippen LogP contribution in [-0.4, -0.2) is 12.8 Å². The van der Waals surface area contributed by atoms with Gasteiger partial charge in [0.15, 0.2) is 0 Å². The molecule has 1 aromatic rings. The van der Waals surface area contributed by atoms with Crippen LogP contribution in [0.25, 0.3) is 0 Å². The van der Waals surface area contributed by atoms with Gasteiger partial charge >= 0.3 is 6.18 Å². The second kappa shape index (κ2) is 5.18. The first kappa shape index (κ1) is 12.8. The number of alkyl halides is 3. The Bertz CT molecular complexity index is 346. The van der Waals surface area contributed by atoms with Crippen molar-refractivity contribution >= 4 is 0 Å². The summed E-state index contributed by atoms with van der Waals surface area (Å²) in [5, 5.41) is 0. The molecule has 0 aliphatic carbocycles. The summed E-state index contributed by atoms with van der Waals surface area (Å²) >= 11 is 0. The lowest BCUT2D eigenvalue weighted by Crippen LogP contribution is -2.10. The minimum atomic E-state index is -4.15. The predicted octanol–water partition coefficient (Wildman–Crippen LogP) is 3.86. The monoisotopic (exact) mass is 236 g/mol. The third-order valence-electron chi connectivity index (χ3n) is 2.00. The summed E-state index contributed by atoms with van der Waals surface area (Å²) in [5.74, 6) is 0.0312. The second-order valence-electron chi connectivity index (χ2n) is 3.48. The lowest BCUT2D eigenvalue weighted by molar-refractivity contribution is -0.136. The van der Waals surface area contributed by atoms with Gasteiger partial charge in [0.1, 0.15) is 11.6 Å².